The number of para-hydroxylation sites is 1. The Kier molecular flexibility index (Phi) is 4.67. The van der Waals surface area contributed by atoms with Crippen LogP contribution in [0.15, 0.2) is 78.9 Å². The van der Waals surface area contributed by atoms with E-state index in [0.29, 0.717) is 11.4 Å². The molecule has 2 aliphatic rings. The lowest BCUT2D eigenvalue weighted by Crippen LogP contribution is -2.37. The smallest absolute Gasteiger partial charge is 0.266 e. The molecule has 3 atom stereocenters. The molecule has 3 aromatic rings. The van der Waals surface area contributed by atoms with E-state index in [9.17, 15) is 14.0 Å². The molecule has 0 spiro atoms. The summed E-state index contributed by atoms with van der Waals surface area (Å²) in [5.74, 6) is -1.41. The number of carbonyl (C=O) groups excluding carboxylic acids is 2. The fourth-order valence-corrected chi connectivity index (χ4v) is 4.22. The second-order valence-electron chi connectivity index (χ2n) is 7.42. The number of nitrogens with zero attached hydrogens (tertiary/aromatic N) is 2. The predicted molar refractivity (Wildman–Crippen MR) is 112 cm³/mol. The van der Waals surface area contributed by atoms with E-state index in [1.807, 2.05) is 54.6 Å². The van der Waals surface area contributed by atoms with Crippen molar-refractivity contribution in [1.29, 1.82) is 0 Å². The van der Waals surface area contributed by atoms with E-state index in [0.717, 1.165) is 16.2 Å². The Balaban J connectivity index is 1.59. The molecule has 2 fully saturated rings. The number of hydrogen-bond acceptors (Lipinski definition) is 5. The number of methoxy groups -OCH3 is 1. The summed E-state index contributed by atoms with van der Waals surface area (Å²) in [6, 6.07) is 21.5. The lowest BCUT2D eigenvalue weighted by molar-refractivity contribution is -0.126. The molecule has 2 heterocycles. The first kappa shape index (κ1) is 19.3. The van der Waals surface area contributed by atoms with E-state index in [1.165, 1.54) is 24.3 Å². The topological polar surface area (TPSA) is 59.1 Å². The summed E-state index contributed by atoms with van der Waals surface area (Å²) in [7, 11) is 1.57. The van der Waals surface area contributed by atoms with Gasteiger partial charge in [-0.05, 0) is 54.1 Å². The average molecular weight is 418 g/mol. The molecule has 5 rings (SSSR count). The van der Waals surface area contributed by atoms with Gasteiger partial charge in [0.1, 0.15) is 17.5 Å². The van der Waals surface area contributed by atoms with Crippen LogP contribution in [0.5, 0.6) is 5.75 Å². The minimum atomic E-state index is -0.978. The Bertz CT molecular complexity index is 1140. The van der Waals surface area contributed by atoms with Gasteiger partial charge in [0.2, 0.25) is 5.91 Å². The number of hydrogen-bond donors (Lipinski definition) is 0. The zero-order valence-electron chi connectivity index (χ0n) is 16.6. The maximum atomic E-state index is 13.5. The fraction of sp³-hybridized carbons (Fsp3) is 0.167. The van der Waals surface area contributed by atoms with Crippen molar-refractivity contribution >= 4 is 23.2 Å². The molecule has 2 amide bonds. The Morgan fingerprint density at radius 3 is 2.32 bits per heavy atom. The van der Waals surface area contributed by atoms with Crippen molar-refractivity contribution in [2.24, 2.45) is 5.92 Å². The van der Waals surface area contributed by atoms with Crippen LogP contribution in [0.25, 0.3) is 0 Å². The van der Waals surface area contributed by atoms with Gasteiger partial charge in [-0.25, -0.2) is 14.4 Å². The molecule has 0 aliphatic carbocycles. The highest BCUT2D eigenvalue weighted by Crippen LogP contribution is 2.47. The van der Waals surface area contributed by atoms with E-state index < -0.39 is 29.8 Å². The quantitative estimate of drug-likeness (QED) is 0.602. The third-order valence-corrected chi connectivity index (χ3v) is 5.65. The van der Waals surface area contributed by atoms with Crippen LogP contribution < -0.4 is 14.7 Å². The third-order valence-electron chi connectivity index (χ3n) is 5.65. The van der Waals surface area contributed by atoms with Crippen molar-refractivity contribution in [3.8, 4) is 5.75 Å². The number of rotatable bonds is 4. The number of amides is 2. The van der Waals surface area contributed by atoms with Gasteiger partial charge in [0.05, 0.1) is 24.5 Å². The molecule has 2 aliphatic heterocycles. The first-order valence-electron chi connectivity index (χ1n) is 9.87. The third kappa shape index (κ3) is 3.14. The van der Waals surface area contributed by atoms with Crippen molar-refractivity contribution in [3.63, 3.8) is 0 Å². The molecule has 31 heavy (non-hydrogen) atoms. The maximum Gasteiger partial charge on any atom is 0.266 e. The molecule has 2 saturated heterocycles. The SMILES string of the molecule is COc1cccc([C@H]2[C@H]3C(=O)N(c4ccc(F)cc4)C(=O)[C@@H]3ON2c2ccccc2)c1. The number of imide groups is 1. The van der Waals surface area contributed by atoms with Gasteiger partial charge >= 0.3 is 0 Å². The number of carbonyl (C=O) groups is 2. The van der Waals surface area contributed by atoms with Gasteiger partial charge in [-0.2, -0.15) is 0 Å². The zero-order valence-corrected chi connectivity index (χ0v) is 16.6. The summed E-state index contributed by atoms with van der Waals surface area (Å²) < 4.78 is 18.7. The van der Waals surface area contributed by atoms with Gasteiger partial charge in [-0.3, -0.25) is 14.4 Å². The van der Waals surface area contributed by atoms with Crippen LogP contribution in [0.3, 0.4) is 0 Å². The van der Waals surface area contributed by atoms with Crippen molar-refractivity contribution in [2.75, 3.05) is 17.1 Å². The van der Waals surface area contributed by atoms with Crippen LogP contribution in [0.1, 0.15) is 11.6 Å². The number of hydroxylamine groups is 1. The fourth-order valence-electron chi connectivity index (χ4n) is 4.22. The van der Waals surface area contributed by atoms with E-state index in [-0.39, 0.29) is 5.91 Å². The second-order valence-corrected chi connectivity index (χ2v) is 7.42. The summed E-state index contributed by atoms with van der Waals surface area (Å²) >= 11 is 0. The van der Waals surface area contributed by atoms with Gasteiger partial charge in [-0.1, -0.05) is 30.3 Å². The zero-order chi connectivity index (χ0) is 21.5. The lowest BCUT2D eigenvalue weighted by Gasteiger charge is -2.29. The molecule has 0 aromatic heterocycles. The largest absolute Gasteiger partial charge is 0.497 e. The van der Waals surface area contributed by atoms with E-state index in [2.05, 4.69) is 0 Å². The molecule has 0 N–H and O–H groups in total. The van der Waals surface area contributed by atoms with Gasteiger partial charge in [0, 0.05) is 0 Å². The first-order valence-corrected chi connectivity index (χ1v) is 9.87. The van der Waals surface area contributed by atoms with Gasteiger partial charge < -0.3 is 4.74 Å². The molecule has 0 bridgehead atoms. The van der Waals surface area contributed by atoms with Crippen molar-refractivity contribution in [3.05, 3.63) is 90.2 Å². The number of anilines is 2. The minimum Gasteiger partial charge on any atom is -0.497 e. The molecular formula is C24H19FN2O4. The molecule has 156 valence electrons. The van der Waals surface area contributed by atoms with Crippen LogP contribution >= 0.6 is 0 Å². The van der Waals surface area contributed by atoms with Gasteiger partial charge in [-0.15, -0.1) is 0 Å². The summed E-state index contributed by atoms with van der Waals surface area (Å²) in [6.07, 6.45) is -0.978. The summed E-state index contributed by atoms with van der Waals surface area (Å²) in [5.41, 5.74) is 1.85. The highest BCUT2D eigenvalue weighted by atomic mass is 19.1. The van der Waals surface area contributed by atoms with Gasteiger partial charge in [0.15, 0.2) is 6.10 Å². The summed E-state index contributed by atoms with van der Waals surface area (Å²) in [5, 5.41) is 1.63. The standard InChI is InChI=1S/C24H19FN2O4/c1-30-19-9-5-6-15(14-19)21-20-22(31-27(21)18-7-3-2-4-8-18)24(29)26(23(20)28)17-12-10-16(25)11-13-17/h2-14,20-22H,1H3/t20-,21+,22-/m1/s1. The maximum absolute atomic E-state index is 13.5. The number of halogens is 1. The highest BCUT2D eigenvalue weighted by Gasteiger charge is 2.60. The molecule has 0 unspecified atom stereocenters. The van der Waals surface area contributed by atoms with Crippen LogP contribution in [0.4, 0.5) is 15.8 Å². The Hall–Kier alpha value is -3.71. The van der Waals surface area contributed by atoms with Crippen LogP contribution in [-0.2, 0) is 14.4 Å². The molecule has 6 nitrogen and oxygen atoms in total. The highest BCUT2D eigenvalue weighted by molar-refractivity contribution is 6.23. The van der Waals surface area contributed by atoms with Crippen molar-refractivity contribution in [2.45, 2.75) is 12.1 Å². The molecule has 0 saturated carbocycles. The number of fused-ring (bicyclic) bond motifs is 1. The Morgan fingerprint density at radius 2 is 1.61 bits per heavy atom. The van der Waals surface area contributed by atoms with E-state index in [1.54, 1.807) is 12.2 Å². The lowest BCUT2D eigenvalue weighted by atomic mass is 9.90. The predicted octanol–water partition coefficient (Wildman–Crippen LogP) is 3.89. The molecule has 7 heteroatoms. The molecular weight excluding hydrogens is 399 g/mol. The first-order chi connectivity index (χ1) is 15.1. The van der Waals surface area contributed by atoms with Crippen molar-refractivity contribution in [1.82, 2.24) is 0 Å². The Morgan fingerprint density at radius 1 is 0.871 bits per heavy atom. The normalized spacial score (nSPS) is 22.7. The molecule has 0 radical (unpaired) electrons. The number of benzene rings is 3. The van der Waals surface area contributed by atoms with Crippen LogP contribution in [0, 0.1) is 11.7 Å². The summed E-state index contributed by atoms with van der Waals surface area (Å²) in [6.45, 7) is 0. The second kappa shape index (κ2) is 7.52. The monoisotopic (exact) mass is 418 g/mol. The van der Waals surface area contributed by atoms with E-state index in [4.69, 9.17) is 9.57 Å². The van der Waals surface area contributed by atoms with E-state index >= 15 is 0 Å². The van der Waals surface area contributed by atoms with Crippen LogP contribution in [0.2, 0.25) is 0 Å². The van der Waals surface area contributed by atoms with Crippen molar-refractivity contribution < 1.29 is 23.6 Å². The minimum absolute atomic E-state index is 0.324. The Labute approximate surface area is 178 Å². The van der Waals surface area contributed by atoms with Gasteiger partial charge in [0.25, 0.3) is 5.91 Å². The summed E-state index contributed by atoms with van der Waals surface area (Å²) in [4.78, 5) is 33.8. The van der Waals surface area contributed by atoms with Crippen LogP contribution in [-0.4, -0.2) is 25.0 Å². The molecule has 3 aromatic carbocycles. The number of ether oxygens (including phenoxy) is 1. The average Bonchev–Trinajstić information content (AvgIpc) is 3.31.